The molecule has 2 aromatic rings. The fraction of sp³-hybridized carbons (Fsp3) is 0.318. The van der Waals surface area contributed by atoms with Crippen molar-refractivity contribution in [2.45, 2.75) is 38.4 Å². The van der Waals surface area contributed by atoms with E-state index in [2.05, 4.69) is 24.2 Å². The van der Waals surface area contributed by atoms with Crippen molar-refractivity contribution in [3.8, 4) is 0 Å². The molecule has 0 saturated carbocycles. The van der Waals surface area contributed by atoms with Crippen LogP contribution in [0.25, 0.3) is 0 Å². The number of thioether (sulfide) groups is 1. The minimum atomic E-state index is -0.456. The number of amides is 2. The Bertz CT molecular complexity index is 906. The lowest BCUT2D eigenvalue weighted by atomic mass is 10.0. The van der Waals surface area contributed by atoms with Crippen molar-refractivity contribution in [3.05, 3.63) is 59.7 Å². The average molecular weight is 396 g/mol. The van der Waals surface area contributed by atoms with Crippen molar-refractivity contribution in [3.63, 3.8) is 0 Å². The first-order chi connectivity index (χ1) is 13.3. The minimum absolute atomic E-state index is 0.0948. The van der Waals surface area contributed by atoms with E-state index in [0.717, 1.165) is 16.9 Å². The van der Waals surface area contributed by atoms with Gasteiger partial charge in [-0.15, -0.1) is 0 Å². The number of aryl methyl sites for hydroxylation is 1. The van der Waals surface area contributed by atoms with E-state index in [1.54, 1.807) is 7.05 Å². The standard InChI is InChI=1S/C22H25N3O2S/c1-14(2)16-9-11-17(12-10-16)23-20(26)13-19-21(27)25(4)22(28-19)24-18-8-6-5-7-15(18)3/h5-12,14,19H,13H2,1-4H3,(H,23,26)/t19-/m0/s1. The van der Waals surface area contributed by atoms with E-state index < -0.39 is 5.25 Å². The van der Waals surface area contributed by atoms with Crippen LogP contribution in [0.4, 0.5) is 11.4 Å². The molecule has 2 amide bonds. The molecule has 1 aliphatic heterocycles. The highest BCUT2D eigenvalue weighted by Crippen LogP contribution is 2.31. The summed E-state index contributed by atoms with van der Waals surface area (Å²) in [6.45, 7) is 6.24. The van der Waals surface area contributed by atoms with Crippen molar-refractivity contribution < 1.29 is 9.59 Å². The quantitative estimate of drug-likeness (QED) is 0.798. The second kappa shape index (κ2) is 8.61. The van der Waals surface area contributed by atoms with Crippen LogP contribution in [0.3, 0.4) is 0 Å². The van der Waals surface area contributed by atoms with Gasteiger partial charge in [-0.1, -0.05) is 55.9 Å². The van der Waals surface area contributed by atoms with Gasteiger partial charge in [-0.2, -0.15) is 0 Å². The summed E-state index contributed by atoms with van der Waals surface area (Å²) in [5.74, 6) is 0.176. The lowest BCUT2D eigenvalue weighted by molar-refractivity contribution is -0.127. The van der Waals surface area contributed by atoms with Crippen LogP contribution in [-0.4, -0.2) is 34.2 Å². The van der Waals surface area contributed by atoms with Gasteiger partial charge < -0.3 is 5.32 Å². The topological polar surface area (TPSA) is 61.8 Å². The Morgan fingerprint density at radius 1 is 1.18 bits per heavy atom. The third-order valence-corrected chi connectivity index (χ3v) is 5.93. The molecule has 0 aliphatic carbocycles. The Labute approximate surface area is 170 Å². The van der Waals surface area contributed by atoms with Crippen molar-refractivity contribution >= 4 is 40.1 Å². The highest BCUT2D eigenvalue weighted by atomic mass is 32.2. The fourth-order valence-electron chi connectivity index (χ4n) is 2.92. The number of benzene rings is 2. The third kappa shape index (κ3) is 4.62. The van der Waals surface area contributed by atoms with E-state index >= 15 is 0 Å². The van der Waals surface area contributed by atoms with Crippen molar-refractivity contribution in [1.29, 1.82) is 0 Å². The summed E-state index contributed by atoms with van der Waals surface area (Å²) < 4.78 is 0. The molecule has 1 aliphatic rings. The zero-order valence-corrected chi connectivity index (χ0v) is 17.4. The summed E-state index contributed by atoms with van der Waals surface area (Å²) in [6.07, 6.45) is 0.118. The molecular formula is C22H25N3O2S. The summed E-state index contributed by atoms with van der Waals surface area (Å²) in [5, 5.41) is 3.05. The Balaban J connectivity index is 1.65. The normalized spacial score (nSPS) is 18.2. The van der Waals surface area contributed by atoms with Crippen LogP contribution in [0.1, 0.15) is 37.3 Å². The fourth-order valence-corrected chi connectivity index (χ4v) is 4.07. The number of aliphatic imine (C=N–C) groups is 1. The second-order valence-corrected chi connectivity index (χ2v) is 8.38. The molecule has 1 fully saturated rings. The number of nitrogens with zero attached hydrogens (tertiary/aromatic N) is 2. The van der Waals surface area contributed by atoms with Crippen molar-refractivity contribution in [2.75, 3.05) is 12.4 Å². The molecule has 1 N–H and O–H groups in total. The van der Waals surface area contributed by atoms with E-state index in [1.807, 2.05) is 55.5 Å². The number of amidine groups is 1. The second-order valence-electron chi connectivity index (χ2n) is 7.21. The Kier molecular flexibility index (Phi) is 6.19. The van der Waals surface area contributed by atoms with Crippen LogP contribution >= 0.6 is 11.8 Å². The summed E-state index contributed by atoms with van der Waals surface area (Å²) >= 11 is 1.34. The van der Waals surface area contributed by atoms with E-state index in [-0.39, 0.29) is 18.2 Å². The predicted octanol–water partition coefficient (Wildman–Crippen LogP) is 4.71. The number of nitrogens with one attached hydrogen (secondary N) is 1. The zero-order chi connectivity index (χ0) is 20.3. The van der Waals surface area contributed by atoms with E-state index in [0.29, 0.717) is 11.1 Å². The molecule has 3 rings (SSSR count). The third-order valence-electron chi connectivity index (χ3n) is 4.70. The SMILES string of the molecule is Cc1ccccc1N=C1S[C@@H](CC(=O)Nc2ccc(C(C)C)cc2)C(=O)N1C. The first-order valence-corrected chi connectivity index (χ1v) is 10.2. The van der Waals surface area contributed by atoms with E-state index in [1.165, 1.54) is 22.2 Å². The molecule has 0 spiro atoms. The number of rotatable bonds is 5. The Hall–Kier alpha value is -2.60. The van der Waals surface area contributed by atoms with Gasteiger partial charge in [0.2, 0.25) is 11.8 Å². The monoisotopic (exact) mass is 395 g/mol. The molecule has 1 atom stereocenters. The molecule has 28 heavy (non-hydrogen) atoms. The lowest BCUT2D eigenvalue weighted by Crippen LogP contribution is -2.30. The Morgan fingerprint density at radius 3 is 2.50 bits per heavy atom. The molecule has 5 nitrogen and oxygen atoms in total. The van der Waals surface area contributed by atoms with Crippen LogP contribution in [0.15, 0.2) is 53.5 Å². The smallest absolute Gasteiger partial charge is 0.242 e. The number of hydrogen-bond donors (Lipinski definition) is 1. The van der Waals surface area contributed by atoms with Gasteiger partial charge in [-0.05, 0) is 42.2 Å². The molecular weight excluding hydrogens is 370 g/mol. The van der Waals surface area contributed by atoms with Crippen LogP contribution < -0.4 is 5.32 Å². The molecule has 6 heteroatoms. The Morgan fingerprint density at radius 2 is 1.86 bits per heavy atom. The van der Waals surface area contributed by atoms with Crippen molar-refractivity contribution in [2.24, 2.45) is 4.99 Å². The maximum atomic E-state index is 12.5. The molecule has 146 valence electrons. The first kappa shape index (κ1) is 20.1. The van der Waals surface area contributed by atoms with Gasteiger partial charge in [0.15, 0.2) is 5.17 Å². The maximum absolute atomic E-state index is 12.5. The van der Waals surface area contributed by atoms with E-state index in [9.17, 15) is 9.59 Å². The maximum Gasteiger partial charge on any atom is 0.242 e. The van der Waals surface area contributed by atoms with Crippen LogP contribution in [0.2, 0.25) is 0 Å². The number of anilines is 1. The number of carbonyl (C=O) groups is 2. The van der Waals surface area contributed by atoms with E-state index in [4.69, 9.17) is 0 Å². The molecule has 1 heterocycles. The molecule has 2 aromatic carbocycles. The van der Waals surface area contributed by atoms with Gasteiger partial charge in [0, 0.05) is 19.2 Å². The number of hydrogen-bond acceptors (Lipinski definition) is 4. The summed E-state index contributed by atoms with van der Waals surface area (Å²) in [6, 6.07) is 15.6. The number of carbonyl (C=O) groups excluding carboxylic acids is 2. The van der Waals surface area contributed by atoms with Gasteiger partial charge in [0.25, 0.3) is 0 Å². The lowest BCUT2D eigenvalue weighted by Gasteiger charge is -2.10. The number of para-hydroxylation sites is 1. The molecule has 0 radical (unpaired) electrons. The highest BCUT2D eigenvalue weighted by molar-refractivity contribution is 8.15. The molecule has 1 saturated heterocycles. The van der Waals surface area contributed by atoms with Gasteiger partial charge in [0.1, 0.15) is 5.25 Å². The molecule has 0 unspecified atom stereocenters. The van der Waals surface area contributed by atoms with Crippen molar-refractivity contribution in [1.82, 2.24) is 4.90 Å². The first-order valence-electron chi connectivity index (χ1n) is 9.33. The van der Waals surface area contributed by atoms with Crippen LogP contribution in [0.5, 0.6) is 0 Å². The average Bonchev–Trinajstić information content (AvgIpc) is 2.92. The van der Waals surface area contributed by atoms with Gasteiger partial charge in [0.05, 0.1) is 5.69 Å². The summed E-state index contributed by atoms with van der Waals surface area (Å²) in [7, 11) is 1.70. The summed E-state index contributed by atoms with van der Waals surface area (Å²) in [4.78, 5) is 31.1. The minimum Gasteiger partial charge on any atom is -0.326 e. The molecule has 0 bridgehead atoms. The van der Waals surface area contributed by atoms with Crippen LogP contribution in [0, 0.1) is 6.92 Å². The highest BCUT2D eigenvalue weighted by Gasteiger charge is 2.37. The van der Waals surface area contributed by atoms with Gasteiger partial charge in [-0.3, -0.25) is 14.5 Å². The molecule has 0 aromatic heterocycles. The zero-order valence-electron chi connectivity index (χ0n) is 16.6. The van der Waals surface area contributed by atoms with Gasteiger partial charge in [-0.25, -0.2) is 4.99 Å². The predicted molar refractivity (Wildman–Crippen MR) is 116 cm³/mol. The largest absolute Gasteiger partial charge is 0.326 e. The summed E-state index contributed by atoms with van der Waals surface area (Å²) in [5.41, 5.74) is 3.84. The van der Waals surface area contributed by atoms with Crippen LogP contribution in [-0.2, 0) is 9.59 Å². The van der Waals surface area contributed by atoms with Gasteiger partial charge >= 0.3 is 0 Å².